The first kappa shape index (κ1) is 25.7. The lowest BCUT2D eigenvalue weighted by Crippen LogP contribution is -2.31. The first-order valence-electron chi connectivity index (χ1n) is 6.39. The normalized spacial score (nSPS) is 23.8. The molecule has 0 saturated carbocycles. The maximum absolute atomic E-state index is 10.5. The Labute approximate surface area is 146 Å². The number of esters is 2. The van der Waals surface area contributed by atoms with Crippen molar-refractivity contribution in [3.63, 3.8) is 0 Å². The van der Waals surface area contributed by atoms with Gasteiger partial charge in [-0.2, -0.15) is 0 Å². The van der Waals surface area contributed by atoms with Crippen molar-refractivity contribution >= 4 is 11.9 Å². The molecule has 0 amide bonds. The van der Waals surface area contributed by atoms with Gasteiger partial charge >= 0.3 is 11.9 Å². The fourth-order valence-corrected chi connectivity index (χ4v) is 1.65. The molecule has 26 heavy (non-hydrogen) atoms. The van der Waals surface area contributed by atoms with Crippen molar-refractivity contribution in [1.29, 1.82) is 0 Å². The zero-order valence-corrected chi connectivity index (χ0v) is 12.4. The summed E-state index contributed by atoms with van der Waals surface area (Å²) in [5.41, 5.74) is 0. The summed E-state index contributed by atoms with van der Waals surface area (Å²) >= 11 is 0. The van der Waals surface area contributed by atoms with Crippen LogP contribution >= 0.6 is 0 Å². The first-order chi connectivity index (χ1) is 11.1. The van der Waals surface area contributed by atoms with Gasteiger partial charge in [-0.3, -0.25) is 0 Å². The third-order valence-electron chi connectivity index (χ3n) is 2.95. The predicted octanol–water partition coefficient (Wildman–Crippen LogP) is -3.00. The molecule has 0 bridgehead atoms. The van der Waals surface area contributed by atoms with Crippen LogP contribution in [0.3, 0.4) is 0 Å². The topological polar surface area (TPSA) is 246 Å². The number of hydrogen-bond donors (Lipinski definition) is 8. The van der Waals surface area contributed by atoms with Gasteiger partial charge in [-0.05, 0) is 0 Å². The fraction of sp³-hybridized carbons (Fsp3) is 0.538. The molecule has 13 nitrogen and oxygen atoms in total. The van der Waals surface area contributed by atoms with Gasteiger partial charge in [0.05, 0.1) is 13.2 Å². The van der Waals surface area contributed by atoms with Crippen LogP contribution in [0.5, 0.6) is 0 Å². The molecule has 13 heteroatoms. The van der Waals surface area contributed by atoms with E-state index in [1.807, 2.05) is 0 Å². The average molecular weight is 386 g/mol. The van der Waals surface area contributed by atoms with Gasteiger partial charge in [0, 0.05) is 0 Å². The molecule has 152 valence electrons. The molecule has 0 aromatic heterocycles. The number of ether oxygens (including phenoxy) is 2. The van der Waals surface area contributed by atoms with Crippen LogP contribution in [-0.2, 0) is 19.1 Å². The SMILES string of the molecule is C.O.O=C1O[C@H]([C@@H](O)CO)C(O)=C1O.O=C1O[C@H]([C@@H](O)CO)C(O)=C1O. The lowest BCUT2D eigenvalue weighted by atomic mass is 10.2. The van der Waals surface area contributed by atoms with Crippen molar-refractivity contribution in [3.05, 3.63) is 23.0 Å². The summed E-state index contributed by atoms with van der Waals surface area (Å²) in [6.45, 7) is -1.34. The number of carbonyl (C=O) groups is 2. The van der Waals surface area contributed by atoms with Crippen LogP contribution in [0.15, 0.2) is 23.0 Å². The summed E-state index contributed by atoms with van der Waals surface area (Å²) in [4.78, 5) is 21.1. The fourth-order valence-electron chi connectivity index (χ4n) is 1.65. The Morgan fingerprint density at radius 1 is 0.769 bits per heavy atom. The molecule has 2 aliphatic rings. The largest absolute Gasteiger partial charge is 0.505 e. The molecular formula is C13H22O13. The van der Waals surface area contributed by atoms with Crippen LogP contribution in [0, 0.1) is 0 Å². The summed E-state index contributed by atoms with van der Waals surface area (Å²) in [7, 11) is 0. The van der Waals surface area contributed by atoms with E-state index in [2.05, 4.69) is 9.47 Å². The molecule has 2 aliphatic heterocycles. The third-order valence-corrected chi connectivity index (χ3v) is 2.95. The van der Waals surface area contributed by atoms with Gasteiger partial charge in [-0.25, -0.2) is 9.59 Å². The standard InChI is InChI=1S/2C6H8O6.CH4.H2O/c2*7-1-2(8)5-3(9)4(10)6(11)12-5;;/h2*2,5,7-10H,1H2;1H4;1H2/t2*2-,5+;;/m00../s1. The molecule has 0 radical (unpaired) electrons. The van der Waals surface area contributed by atoms with Crippen molar-refractivity contribution in [2.24, 2.45) is 0 Å². The Morgan fingerprint density at radius 2 is 1.04 bits per heavy atom. The van der Waals surface area contributed by atoms with Crippen molar-refractivity contribution in [2.75, 3.05) is 13.2 Å². The van der Waals surface area contributed by atoms with Crippen LogP contribution < -0.4 is 0 Å². The quantitative estimate of drug-likeness (QED) is 0.225. The van der Waals surface area contributed by atoms with E-state index in [4.69, 9.17) is 40.9 Å². The second kappa shape index (κ2) is 10.4. The Morgan fingerprint density at radius 3 is 1.19 bits per heavy atom. The molecule has 4 atom stereocenters. The highest BCUT2D eigenvalue weighted by Gasteiger charge is 2.39. The summed E-state index contributed by atoms with van der Waals surface area (Å²) in [6.07, 6.45) is -5.55. The van der Waals surface area contributed by atoms with Gasteiger partial charge in [0.1, 0.15) is 12.2 Å². The monoisotopic (exact) mass is 386 g/mol. The Balaban J connectivity index is 0. The highest BCUT2D eigenvalue weighted by Crippen LogP contribution is 2.21. The van der Waals surface area contributed by atoms with Crippen LogP contribution in [0.2, 0.25) is 0 Å². The molecule has 0 aromatic carbocycles. The summed E-state index contributed by atoms with van der Waals surface area (Å²) in [5.74, 6) is -5.56. The maximum atomic E-state index is 10.5. The Bertz CT molecular complexity index is 516. The minimum atomic E-state index is -1.42. The van der Waals surface area contributed by atoms with Crippen molar-refractivity contribution < 1.29 is 65.4 Å². The van der Waals surface area contributed by atoms with E-state index in [-0.39, 0.29) is 12.9 Å². The van der Waals surface area contributed by atoms with Crippen molar-refractivity contribution in [3.8, 4) is 0 Å². The Kier molecular flexibility index (Phi) is 10.3. The molecule has 2 rings (SSSR count). The number of hydrogen-bond acceptors (Lipinski definition) is 12. The van der Waals surface area contributed by atoms with Gasteiger partial charge in [-0.15, -0.1) is 0 Å². The smallest absolute Gasteiger partial charge is 0.377 e. The lowest BCUT2D eigenvalue weighted by Gasteiger charge is -2.13. The number of aliphatic hydroxyl groups excluding tert-OH is 8. The van der Waals surface area contributed by atoms with Gasteiger partial charge in [0.25, 0.3) is 0 Å². The summed E-state index contributed by atoms with van der Waals surface area (Å²) < 4.78 is 8.63. The highest BCUT2D eigenvalue weighted by atomic mass is 16.6. The molecule has 0 unspecified atom stereocenters. The number of carbonyl (C=O) groups excluding carboxylic acids is 2. The van der Waals surface area contributed by atoms with E-state index in [1.165, 1.54) is 0 Å². The van der Waals surface area contributed by atoms with E-state index >= 15 is 0 Å². The van der Waals surface area contributed by atoms with E-state index < -0.39 is 72.6 Å². The third kappa shape index (κ3) is 5.21. The van der Waals surface area contributed by atoms with Crippen LogP contribution in [0.25, 0.3) is 0 Å². The number of rotatable bonds is 4. The Hall–Kier alpha value is -2.58. The van der Waals surface area contributed by atoms with Crippen LogP contribution in [-0.4, -0.2) is 95.9 Å². The molecule has 10 N–H and O–H groups in total. The van der Waals surface area contributed by atoms with Crippen LogP contribution in [0.4, 0.5) is 0 Å². The highest BCUT2D eigenvalue weighted by molar-refractivity contribution is 5.89. The zero-order valence-electron chi connectivity index (χ0n) is 12.4. The second-order valence-electron chi connectivity index (χ2n) is 4.62. The zero-order chi connectivity index (χ0) is 18.6. The maximum Gasteiger partial charge on any atom is 0.377 e. The van der Waals surface area contributed by atoms with E-state index in [0.717, 1.165) is 0 Å². The molecule has 0 saturated heterocycles. The molecular weight excluding hydrogens is 364 g/mol. The van der Waals surface area contributed by atoms with Gasteiger partial charge in [-0.1, -0.05) is 7.43 Å². The summed E-state index contributed by atoms with van der Waals surface area (Å²) in [6, 6.07) is 0. The molecule has 0 fully saturated rings. The van der Waals surface area contributed by atoms with Gasteiger partial charge in [0.15, 0.2) is 23.7 Å². The van der Waals surface area contributed by atoms with Crippen LogP contribution in [0.1, 0.15) is 7.43 Å². The van der Waals surface area contributed by atoms with E-state index in [9.17, 15) is 9.59 Å². The number of cyclic esters (lactones) is 2. The minimum absolute atomic E-state index is 0. The predicted molar refractivity (Wildman–Crippen MR) is 80.9 cm³/mol. The van der Waals surface area contributed by atoms with E-state index in [1.54, 1.807) is 0 Å². The molecule has 0 aromatic rings. The van der Waals surface area contributed by atoms with E-state index in [0.29, 0.717) is 0 Å². The van der Waals surface area contributed by atoms with Gasteiger partial charge in [0.2, 0.25) is 11.5 Å². The van der Waals surface area contributed by atoms with Crippen molar-refractivity contribution in [1.82, 2.24) is 0 Å². The second-order valence-corrected chi connectivity index (χ2v) is 4.62. The van der Waals surface area contributed by atoms with Gasteiger partial charge < -0.3 is 55.8 Å². The minimum Gasteiger partial charge on any atom is -0.505 e. The number of aliphatic hydroxyl groups is 8. The molecule has 2 heterocycles. The lowest BCUT2D eigenvalue weighted by molar-refractivity contribution is -0.148. The molecule has 0 aliphatic carbocycles. The molecule has 0 spiro atoms. The first-order valence-corrected chi connectivity index (χ1v) is 6.39. The average Bonchev–Trinajstić information content (AvgIpc) is 2.98. The summed E-state index contributed by atoms with van der Waals surface area (Å²) in [5, 5.41) is 70.1. The van der Waals surface area contributed by atoms with Crippen molar-refractivity contribution in [2.45, 2.75) is 31.8 Å².